The second-order valence-corrected chi connectivity index (χ2v) is 4.77. The molecule has 0 atom stereocenters. The Morgan fingerprint density at radius 3 is 2.47 bits per heavy atom. The number of hydrogen-bond donors (Lipinski definition) is 1. The van der Waals surface area contributed by atoms with Gasteiger partial charge in [0.1, 0.15) is 5.69 Å². The monoisotopic (exact) mass is 316 g/mol. The predicted octanol–water partition coefficient (Wildman–Crippen LogP) is 3.14. The molecule has 6 heteroatoms. The largest absolute Gasteiger partial charge is 0.461 e. The summed E-state index contributed by atoms with van der Waals surface area (Å²) in [6.07, 6.45) is 1.55. The summed E-state index contributed by atoms with van der Waals surface area (Å²) in [5.74, 6) is 1.24. The van der Waals surface area contributed by atoms with Gasteiger partial charge >= 0.3 is 0 Å². The molecule has 2 N–H and O–H groups in total. The first-order valence-electron chi connectivity index (χ1n) is 5.54. The van der Waals surface area contributed by atoms with E-state index in [0.29, 0.717) is 23.1 Å². The summed E-state index contributed by atoms with van der Waals surface area (Å²) >= 11 is 3.38. The molecule has 0 aliphatic carbocycles. The van der Waals surface area contributed by atoms with Crippen molar-refractivity contribution >= 4 is 21.7 Å². The minimum absolute atomic E-state index is 0.323. The topological polar surface area (TPSA) is 77.8 Å². The van der Waals surface area contributed by atoms with Crippen LogP contribution in [0.4, 0.5) is 5.82 Å². The summed E-state index contributed by atoms with van der Waals surface area (Å²) in [5.41, 5.74) is 7.36. The molecule has 0 spiro atoms. The van der Waals surface area contributed by atoms with E-state index in [4.69, 9.17) is 10.2 Å². The molecule has 0 saturated carbocycles. The number of aromatic nitrogens is 3. The van der Waals surface area contributed by atoms with Gasteiger partial charge in [-0.25, -0.2) is 4.98 Å². The molecule has 0 amide bonds. The van der Waals surface area contributed by atoms with E-state index in [1.165, 1.54) is 0 Å². The molecule has 3 aromatic rings. The van der Waals surface area contributed by atoms with E-state index >= 15 is 0 Å². The lowest BCUT2D eigenvalue weighted by Gasteiger charge is -2.04. The van der Waals surface area contributed by atoms with Crippen molar-refractivity contribution in [2.75, 3.05) is 5.73 Å². The molecule has 1 aromatic carbocycles. The van der Waals surface area contributed by atoms with Crippen LogP contribution in [0, 0.1) is 0 Å². The molecule has 0 radical (unpaired) electrons. The third-order valence-corrected chi connectivity index (χ3v) is 3.10. The molecule has 0 saturated heterocycles. The smallest absolute Gasteiger partial charge is 0.219 e. The highest BCUT2D eigenvalue weighted by atomic mass is 79.9. The lowest BCUT2D eigenvalue weighted by Crippen LogP contribution is -2.01. The Morgan fingerprint density at radius 2 is 1.84 bits per heavy atom. The number of nitrogen functional groups attached to an aromatic ring is 1. The Hall–Kier alpha value is -2.21. The van der Waals surface area contributed by atoms with Crippen molar-refractivity contribution in [3.8, 4) is 22.8 Å². The van der Waals surface area contributed by atoms with Crippen LogP contribution in [-0.2, 0) is 0 Å². The van der Waals surface area contributed by atoms with Crippen LogP contribution in [0.15, 0.2) is 51.6 Å². The van der Waals surface area contributed by atoms with E-state index in [2.05, 4.69) is 31.1 Å². The van der Waals surface area contributed by atoms with Crippen LogP contribution in [0.3, 0.4) is 0 Å². The van der Waals surface area contributed by atoms with Crippen molar-refractivity contribution in [3.05, 3.63) is 47.1 Å². The van der Waals surface area contributed by atoms with Crippen LogP contribution in [0.1, 0.15) is 0 Å². The maximum Gasteiger partial charge on any atom is 0.219 e. The molecule has 0 fully saturated rings. The molecule has 0 bridgehead atoms. The molecule has 19 heavy (non-hydrogen) atoms. The van der Waals surface area contributed by atoms with Gasteiger partial charge in [-0.05, 0) is 24.3 Å². The first-order chi connectivity index (χ1) is 9.24. The van der Waals surface area contributed by atoms with Crippen LogP contribution < -0.4 is 5.73 Å². The number of hydrogen-bond acceptors (Lipinski definition) is 5. The molecule has 0 unspecified atom stereocenters. The molecule has 2 aromatic heterocycles. The molecule has 5 nitrogen and oxygen atoms in total. The first-order valence-corrected chi connectivity index (χ1v) is 6.33. The van der Waals surface area contributed by atoms with Crippen molar-refractivity contribution < 1.29 is 4.42 Å². The predicted molar refractivity (Wildman–Crippen MR) is 75.1 cm³/mol. The van der Waals surface area contributed by atoms with Gasteiger partial charge in [0.15, 0.2) is 11.6 Å². The fourth-order valence-corrected chi connectivity index (χ4v) is 1.93. The summed E-state index contributed by atoms with van der Waals surface area (Å²) in [7, 11) is 0. The van der Waals surface area contributed by atoms with E-state index in [1.807, 2.05) is 24.3 Å². The van der Waals surface area contributed by atoms with E-state index in [-0.39, 0.29) is 0 Å². The zero-order valence-electron chi connectivity index (χ0n) is 9.75. The third kappa shape index (κ3) is 2.34. The summed E-state index contributed by atoms with van der Waals surface area (Å²) in [5, 5.41) is 8.16. The Labute approximate surface area is 117 Å². The van der Waals surface area contributed by atoms with Crippen molar-refractivity contribution in [1.29, 1.82) is 0 Å². The maximum absolute atomic E-state index is 5.93. The van der Waals surface area contributed by atoms with E-state index in [1.54, 1.807) is 18.4 Å². The average molecular weight is 317 g/mol. The molecule has 3 rings (SSSR count). The molecule has 2 heterocycles. The Morgan fingerprint density at radius 1 is 1.05 bits per heavy atom. The zero-order valence-corrected chi connectivity index (χ0v) is 11.3. The second kappa shape index (κ2) is 4.81. The summed E-state index contributed by atoms with van der Waals surface area (Å²) < 4.78 is 6.20. The maximum atomic E-state index is 5.93. The van der Waals surface area contributed by atoms with Crippen LogP contribution in [-0.4, -0.2) is 15.2 Å². The highest BCUT2D eigenvalue weighted by molar-refractivity contribution is 9.10. The van der Waals surface area contributed by atoms with Gasteiger partial charge in [0.2, 0.25) is 5.82 Å². The SMILES string of the molecule is Nc1nc(-c2ccco2)nnc1-c1ccc(Br)cc1. The summed E-state index contributed by atoms with van der Waals surface area (Å²) in [6, 6.07) is 11.2. The van der Waals surface area contributed by atoms with Crippen LogP contribution >= 0.6 is 15.9 Å². The third-order valence-electron chi connectivity index (χ3n) is 2.57. The zero-order chi connectivity index (χ0) is 13.2. The summed E-state index contributed by atoms with van der Waals surface area (Å²) in [6.45, 7) is 0. The minimum atomic E-state index is 0.323. The van der Waals surface area contributed by atoms with Crippen molar-refractivity contribution in [3.63, 3.8) is 0 Å². The Kier molecular flexibility index (Phi) is 3.00. The number of nitrogens with two attached hydrogens (primary N) is 1. The number of anilines is 1. The fraction of sp³-hybridized carbons (Fsp3) is 0. The van der Waals surface area contributed by atoms with Gasteiger partial charge < -0.3 is 10.2 Å². The number of nitrogens with zero attached hydrogens (tertiary/aromatic N) is 3. The van der Waals surface area contributed by atoms with Gasteiger partial charge in [-0.1, -0.05) is 28.1 Å². The van der Waals surface area contributed by atoms with Crippen LogP contribution in [0.5, 0.6) is 0 Å². The molecule has 0 aliphatic heterocycles. The van der Waals surface area contributed by atoms with Gasteiger partial charge in [-0.15, -0.1) is 10.2 Å². The highest BCUT2D eigenvalue weighted by Crippen LogP contribution is 2.25. The number of halogens is 1. The van der Waals surface area contributed by atoms with Crippen LogP contribution in [0.25, 0.3) is 22.8 Å². The Balaban J connectivity index is 2.03. The molecular weight excluding hydrogens is 308 g/mol. The normalized spacial score (nSPS) is 10.6. The van der Waals surface area contributed by atoms with Crippen molar-refractivity contribution in [1.82, 2.24) is 15.2 Å². The summed E-state index contributed by atoms with van der Waals surface area (Å²) in [4.78, 5) is 4.21. The lowest BCUT2D eigenvalue weighted by molar-refractivity contribution is 0.576. The molecular formula is C13H9BrN4O. The number of rotatable bonds is 2. The fourth-order valence-electron chi connectivity index (χ4n) is 1.66. The first kappa shape index (κ1) is 11.9. The van der Waals surface area contributed by atoms with Gasteiger partial charge in [-0.2, -0.15) is 0 Å². The lowest BCUT2D eigenvalue weighted by atomic mass is 10.1. The number of furan rings is 1. The quantitative estimate of drug-likeness (QED) is 0.785. The number of benzene rings is 1. The van der Waals surface area contributed by atoms with Gasteiger partial charge in [0, 0.05) is 10.0 Å². The standard InChI is InChI=1S/C13H9BrN4O/c14-9-5-3-8(4-6-9)11-12(15)16-13(18-17-11)10-2-1-7-19-10/h1-7H,(H2,15,16,18). The highest BCUT2D eigenvalue weighted by Gasteiger charge is 2.11. The van der Waals surface area contributed by atoms with Gasteiger partial charge in [-0.3, -0.25) is 0 Å². The second-order valence-electron chi connectivity index (χ2n) is 3.85. The van der Waals surface area contributed by atoms with E-state index in [0.717, 1.165) is 10.0 Å². The molecule has 94 valence electrons. The van der Waals surface area contributed by atoms with Gasteiger partial charge in [0.05, 0.1) is 6.26 Å². The van der Waals surface area contributed by atoms with Crippen molar-refractivity contribution in [2.24, 2.45) is 0 Å². The average Bonchev–Trinajstić information content (AvgIpc) is 2.94. The Bertz CT molecular complexity index is 695. The van der Waals surface area contributed by atoms with Crippen molar-refractivity contribution in [2.45, 2.75) is 0 Å². The van der Waals surface area contributed by atoms with Crippen LogP contribution in [0.2, 0.25) is 0 Å². The van der Waals surface area contributed by atoms with E-state index in [9.17, 15) is 0 Å². The van der Waals surface area contributed by atoms with E-state index < -0.39 is 0 Å². The minimum Gasteiger partial charge on any atom is -0.461 e. The molecule has 0 aliphatic rings. The van der Waals surface area contributed by atoms with Gasteiger partial charge in [0.25, 0.3) is 0 Å².